The van der Waals surface area contributed by atoms with Gasteiger partial charge in [0.1, 0.15) is 0 Å². The molecule has 3 heteroatoms. The Labute approximate surface area is 127 Å². The minimum atomic E-state index is 0. The molecule has 1 aromatic carbocycles. The Hall–Kier alpha value is -0.973. The number of nitrogens with one attached hydrogen (secondary N) is 1. The van der Waals surface area contributed by atoms with Gasteiger partial charge in [-0.1, -0.05) is 32.9 Å². The van der Waals surface area contributed by atoms with Crippen LogP contribution in [0.2, 0.25) is 0 Å². The van der Waals surface area contributed by atoms with E-state index in [9.17, 15) is 5.11 Å². The molecule has 1 aromatic heterocycles. The average Bonchev–Trinajstić information content (AvgIpc) is 2.42. The minimum Gasteiger partial charge on any atom is -0.868 e. The van der Waals surface area contributed by atoms with Gasteiger partial charge in [0.05, 0.1) is 5.41 Å². The summed E-state index contributed by atoms with van der Waals surface area (Å²) in [6.07, 6.45) is 3.26. The Morgan fingerprint density at radius 3 is 2.21 bits per heavy atom. The second kappa shape index (κ2) is 6.46. The van der Waals surface area contributed by atoms with Gasteiger partial charge in [0.2, 0.25) is 5.52 Å². The van der Waals surface area contributed by atoms with Gasteiger partial charge in [0.25, 0.3) is 0 Å². The number of aromatic amines is 1. The SMILES string of the molecule is CCC(CC)(CC)c1ccc2cccc([O-])c2[nH+]1.[Li+]. The first-order valence-electron chi connectivity index (χ1n) is 6.79. The molecule has 96 valence electrons. The zero-order valence-electron chi connectivity index (χ0n) is 12.4. The van der Waals surface area contributed by atoms with Crippen molar-refractivity contribution in [1.82, 2.24) is 0 Å². The summed E-state index contributed by atoms with van der Waals surface area (Å²) >= 11 is 0. The van der Waals surface area contributed by atoms with Crippen molar-refractivity contribution >= 4 is 10.9 Å². The topological polar surface area (TPSA) is 37.2 Å². The van der Waals surface area contributed by atoms with Crippen LogP contribution in [0.15, 0.2) is 30.3 Å². The Balaban J connectivity index is 0.00000180. The largest absolute Gasteiger partial charge is 1.00 e. The second-order valence-corrected chi connectivity index (χ2v) is 4.93. The molecule has 0 fully saturated rings. The molecule has 0 bridgehead atoms. The van der Waals surface area contributed by atoms with Gasteiger partial charge in [0, 0.05) is 11.5 Å². The van der Waals surface area contributed by atoms with Gasteiger partial charge in [-0.15, -0.1) is 0 Å². The van der Waals surface area contributed by atoms with Crippen LogP contribution in [-0.2, 0) is 5.41 Å². The van der Waals surface area contributed by atoms with E-state index in [1.807, 2.05) is 12.1 Å². The molecule has 0 saturated carbocycles. The molecular formula is C16H21LiNO+. The van der Waals surface area contributed by atoms with E-state index in [2.05, 4.69) is 37.9 Å². The molecule has 2 aromatic rings. The zero-order chi connectivity index (χ0) is 13.2. The summed E-state index contributed by atoms with van der Waals surface area (Å²) in [5.41, 5.74) is 2.08. The monoisotopic (exact) mass is 250 g/mol. The van der Waals surface area contributed by atoms with E-state index < -0.39 is 0 Å². The summed E-state index contributed by atoms with van der Waals surface area (Å²) in [6, 6.07) is 9.60. The van der Waals surface area contributed by atoms with E-state index in [4.69, 9.17) is 0 Å². The van der Waals surface area contributed by atoms with Crippen molar-refractivity contribution in [2.24, 2.45) is 0 Å². The van der Waals surface area contributed by atoms with Gasteiger partial charge >= 0.3 is 18.9 Å². The molecule has 0 aliphatic heterocycles. The first-order chi connectivity index (χ1) is 8.66. The van der Waals surface area contributed by atoms with Crippen LogP contribution in [0.1, 0.15) is 45.7 Å². The van der Waals surface area contributed by atoms with Gasteiger partial charge in [-0.2, -0.15) is 0 Å². The minimum absolute atomic E-state index is 0. The fraction of sp³-hybridized carbons (Fsp3) is 0.438. The van der Waals surface area contributed by atoms with E-state index in [0.29, 0.717) is 0 Å². The summed E-state index contributed by atoms with van der Waals surface area (Å²) in [6.45, 7) is 6.65. The Kier molecular flexibility index (Phi) is 5.47. The van der Waals surface area contributed by atoms with Gasteiger partial charge in [-0.25, -0.2) is 4.98 Å². The van der Waals surface area contributed by atoms with Crippen molar-refractivity contribution in [2.45, 2.75) is 45.4 Å². The zero-order valence-corrected chi connectivity index (χ0v) is 12.4. The molecule has 0 saturated heterocycles. The number of para-hydroxylation sites is 1. The fourth-order valence-corrected chi connectivity index (χ4v) is 2.80. The van der Waals surface area contributed by atoms with Crippen molar-refractivity contribution < 1.29 is 29.0 Å². The summed E-state index contributed by atoms with van der Waals surface area (Å²) in [5.74, 6) is 0.0755. The van der Waals surface area contributed by atoms with Crippen LogP contribution < -0.4 is 29.0 Å². The first-order valence-corrected chi connectivity index (χ1v) is 6.79. The van der Waals surface area contributed by atoms with E-state index >= 15 is 0 Å². The number of rotatable bonds is 4. The summed E-state index contributed by atoms with van der Waals surface area (Å²) in [7, 11) is 0. The van der Waals surface area contributed by atoms with Crippen LogP contribution in [-0.4, -0.2) is 0 Å². The average molecular weight is 250 g/mol. The first kappa shape index (κ1) is 16.1. The van der Waals surface area contributed by atoms with Crippen LogP contribution in [0.5, 0.6) is 5.75 Å². The number of hydrogen-bond donors (Lipinski definition) is 0. The molecule has 0 spiro atoms. The van der Waals surface area contributed by atoms with E-state index in [0.717, 1.165) is 30.2 Å². The van der Waals surface area contributed by atoms with Crippen molar-refractivity contribution in [2.75, 3.05) is 0 Å². The third-order valence-electron chi connectivity index (χ3n) is 4.35. The van der Waals surface area contributed by atoms with Crippen LogP contribution in [0.25, 0.3) is 10.9 Å². The van der Waals surface area contributed by atoms with E-state index in [1.165, 1.54) is 5.69 Å². The Bertz CT molecular complexity index is 541. The smallest absolute Gasteiger partial charge is 0.868 e. The molecule has 0 radical (unpaired) electrons. The second-order valence-electron chi connectivity index (χ2n) is 4.93. The third kappa shape index (κ3) is 2.80. The quantitative estimate of drug-likeness (QED) is 0.714. The van der Waals surface area contributed by atoms with Crippen molar-refractivity contribution in [3.63, 3.8) is 0 Å². The van der Waals surface area contributed by atoms with Gasteiger partial charge in [-0.05, 0) is 37.1 Å². The normalized spacial score (nSPS) is 11.3. The molecule has 2 nitrogen and oxygen atoms in total. The maximum Gasteiger partial charge on any atom is 1.00 e. The van der Waals surface area contributed by atoms with Crippen LogP contribution >= 0.6 is 0 Å². The Morgan fingerprint density at radius 2 is 1.63 bits per heavy atom. The van der Waals surface area contributed by atoms with E-state index in [-0.39, 0.29) is 30.0 Å². The Morgan fingerprint density at radius 1 is 1.00 bits per heavy atom. The fourth-order valence-electron chi connectivity index (χ4n) is 2.80. The molecule has 0 atom stereocenters. The van der Waals surface area contributed by atoms with Crippen LogP contribution in [0, 0.1) is 0 Å². The maximum atomic E-state index is 11.9. The molecule has 19 heavy (non-hydrogen) atoms. The third-order valence-corrected chi connectivity index (χ3v) is 4.35. The number of pyridine rings is 1. The predicted octanol–water partition coefficient (Wildman–Crippen LogP) is 0.199. The molecule has 0 amide bonds. The molecular weight excluding hydrogens is 229 g/mol. The molecule has 1 N–H and O–H groups in total. The van der Waals surface area contributed by atoms with Crippen LogP contribution in [0.3, 0.4) is 0 Å². The molecule has 0 aliphatic rings. The van der Waals surface area contributed by atoms with Crippen molar-refractivity contribution in [3.8, 4) is 5.75 Å². The summed E-state index contributed by atoms with van der Waals surface area (Å²) in [5, 5.41) is 12.9. The summed E-state index contributed by atoms with van der Waals surface area (Å²) < 4.78 is 0. The molecule has 1 heterocycles. The number of benzene rings is 1. The number of fused-ring (bicyclic) bond motifs is 1. The van der Waals surface area contributed by atoms with Crippen molar-refractivity contribution in [3.05, 3.63) is 36.0 Å². The van der Waals surface area contributed by atoms with Gasteiger partial charge in [0.15, 0.2) is 5.69 Å². The number of hydrogen-bond acceptors (Lipinski definition) is 1. The van der Waals surface area contributed by atoms with Gasteiger partial charge < -0.3 is 5.11 Å². The number of aromatic nitrogens is 1. The van der Waals surface area contributed by atoms with E-state index in [1.54, 1.807) is 6.07 Å². The van der Waals surface area contributed by atoms with Crippen LogP contribution in [0.4, 0.5) is 0 Å². The number of H-pyrrole nitrogens is 1. The molecule has 2 rings (SSSR count). The maximum absolute atomic E-state index is 11.9. The van der Waals surface area contributed by atoms with Gasteiger partial charge in [-0.3, -0.25) is 0 Å². The standard InChI is InChI=1S/C16H21NO.Li/c1-4-16(5-2,6-3)14-11-10-12-8-7-9-13(18)15(12)17-14;/h7-11,18H,4-6H2,1-3H3;/q;+1. The van der Waals surface area contributed by atoms with Crippen molar-refractivity contribution in [1.29, 1.82) is 0 Å². The molecule has 0 unspecified atom stereocenters. The predicted molar refractivity (Wildman–Crippen MR) is 72.5 cm³/mol. The molecule has 0 aliphatic carbocycles. The summed E-state index contributed by atoms with van der Waals surface area (Å²) in [4.78, 5) is 3.38.